The van der Waals surface area contributed by atoms with Gasteiger partial charge in [0.1, 0.15) is 6.33 Å². The number of benzene rings is 3. The average molecular weight is 362 g/mol. The van der Waals surface area contributed by atoms with Crippen molar-refractivity contribution >= 4 is 11.0 Å². The highest BCUT2D eigenvalue weighted by Gasteiger charge is 2.10. The largest absolute Gasteiger partial charge is 0.444 e. The zero-order valence-corrected chi connectivity index (χ0v) is 14.8. The lowest BCUT2D eigenvalue weighted by molar-refractivity contribution is 0.572. The summed E-state index contributed by atoms with van der Waals surface area (Å²) in [7, 11) is 0. The topological polar surface area (TPSA) is 67.6 Å². The van der Waals surface area contributed by atoms with Gasteiger partial charge < -0.3 is 4.42 Å². The van der Waals surface area contributed by atoms with E-state index in [0.29, 0.717) is 11.3 Å². The van der Waals surface area contributed by atoms with Crippen molar-refractivity contribution in [3.8, 4) is 34.2 Å². The molecular weight excluding hydrogens is 348 g/mol. The highest BCUT2D eigenvalue weighted by Crippen LogP contribution is 2.28. The van der Waals surface area contributed by atoms with Gasteiger partial charge >= 0.3 is 0 Å². The van der Waals surface area contributed by atoms with Crippen molar-refractivity contribution in [3.63, 3.8) is 0 Å². The van der Waals surface area contributed by atoms with Gasteiger partial charge in [-0.2, -0.15) is 5.26 Å². The molecule has 0 N–H and O–H groups in total. The van der Waals surface area contributed by atoms with Crippen LogP contribution in [0.5, 0.6) is 0 Å². The third kappa shape index (κ3) is 2.65. The van der Waals surface area contributed by atoms with E-state index in [4.69, 9.17) is 4.42 Å². The average Bonchev–Trinajstić information content (AvgIpc) is 3.43. The van der Waals surface area contributed by atoms with E-state index in [9.17, 15) is 5.26 Å². The van der Waals surface area contributed by atoms with Crippen LogP contribution in [-0.4, -0.2) is 14.5 Å². The number of oxazole rings is 1. The molecule has 2 heterocycles. The second-order valence-corrected chi connectivity index (χ2v) is 6.39. The highest BCUT2D eigenvalue weighted by atomic mass is 16.3. The molecule has 5 rings (SSSR count). The van der Waals surface area contributed by atoms with E-state index in [1.165, 1.54) is 6.39 Å². The first-order valence-electron chi connectivity index (χ1n) is 8.79. The normalized spacial score (nSPS) is 10.8. The Balaban J connectivity index is 1.60. The lowest BCUT2D eigenvalue weighted by atomic mass is 10.00. The Morgan fingerprint density at radius 2 is 1.86 bits per heavy atom. The minimum atomic E-state index is 0.659. The Labute approximate surface area is 161 Å². The zero-order chi connectivity index (χ0) is 18.9. The van der Waals surface area contributed by atoms with Gasteiger partial charge in [-0.15, -0.1) is 0 Å². The predicted molar refractivity (Wildman–Crippen MR) is 107 cm³/mol. The van der Waals surface area contributed by atoms with Crippen LogP contribution < -0.4 is 0 Å². The molecule has 0 amide bonds. The number of hydrogen-bond acceptors (Lipinski definition) is 4. The molecule has 0 spiro atoms. The van der Waals surface area contributed by atoms with Crippen molar-refractivity contribution in [2.75, 3.05) is 0 Å². The monoisotopic (exact) mass is 362 g/mol. The molecule has 0 saturated carbocycles. The minimum absolute atomic E-state index is 0.659. The maximum absolute atomic E-state index is 9.40. The molecule has 5 aromatic rings. The second kappa shape index (κ2) is 6.53. The number of nitriles is 1. The lowest BCUT2D eigenvalue weighted by Gasteiger charge is -2.09. The van der Waals surface area contributed by atoms with E-state index in [0.717, 1.165) is 33.4 Å². The second-order valence-electron chi connectivity index (χ2n) is 6.39. The van der Waals surface area contributed by atoms with Crippen LogP contribution in [0.4, 0.5) is 0 Å². The van der Waals surface area contributed by atoms with Crippen molar-refractivity contribution in [2.24, 2.45) is 0 Å². The molecule has 5 nitrogen and oxygen atoms in total. The molecule has 0 fully saturated rings. The van der Waals surface area contributed by atoms with Gasteiger partial charge in [-0.1, -0.05) is 30.3 Å². The van der Waals surface area contributed by atoms with Crippen LogP contribution in [0.1, 0.15) is 5.56 Å². The van der Waals surface area contributed by atoms with Gasteiger partial charge in [0.05, 0.1) is 28.9 Å². The molecule has 2 aromatic heterocycles. The summed E-state index contributed by atoms with van der Waals surface area (Å²) in [6.07, 6.45) is 4.92. The summed E-state index contributed by atoms with van der Waals surface area (Å²) < 4.78 is 7.41. The molecule has 3 aromatic carbocycles. The SMILES string of the molecule is N#Cc1ccccc1-c1cccc(-n2cnc3cc(-c4cnco4)ccc32)c1. The molecule has 0 bridgehead atoms. The number of rotatable bonds is 3. The van der Waals surface area contributed by atoms with E-state index < -0.39 is 0 Å². The summed E-state index contributed by atoms with van der Waals surface area (Å²) in [6.45, 7) is 0. The van der Waals surface area contributed by atoms with E-state index in [1.54, 1.807) is 6.20 Å². The Bertz CT molecular complexity index is 1330. The minimum Gasteiger partial charge on any atom is -0.444 e. The maximum Gasteiger partial charge on any atom is 0.181 e. The smallest absolute Gasteiger partial charge is 0.181 e. The molecule has 0 unspecified atom stereocenters. The first-order chi connectivity index (χ1) is 13.8. The molecule has 0 aliphatic heterocycles. The number of aromatic nitrogens is 3. The summed E-state index contributed by atoms with van der Waals surface area (Å²) in [4.78, 5) is 8.52. The molecule has 0 aliphatic rings. The van der Waals surface area contributed by atoms with Gasteiger partial charge in [-0.25, -0.2) is 9.97 Å². The van der Waals surface area contributed by atoms with Crippen LogP contribution >= 0.6 is 0 Å². The van der Waals surface area contributed by atoms with Crippen molar-refractivity contribution in [1.29, 1.82) is 5.26 Å². The van der Waals surface area contributed by atoms with Gasteiger partial charge in [0.15, 0.2) is 12.2 Å². The van der Waals surface area contributed by atoms with Crippen LogP contribution in [-0.2, 0) is 0 Å². The summed E-state index contributed by atoms with van der Waals surface area (Å²) in [5.41, 5.74) is 6.36. The van der Waals surface area contributed by atoms with Crippen LogP contribution in [0.15, 0.2) is 90.1 Å². The third-order valence-electron chi connectivity index (χ3n) is 4.75. The van der Waals surface area contributed by atoms with Crippen molar-refractivity contribution in [1.82, 2.24) is 14.5 Å². The number of fused-ring (bicyclic) bond motifs is 1. The van der Waals surface area contributed by atoms with Gasteiger partial charge in [0.2, 0.25) is 0 Å². The lowest BCUT2D eigenvalue weighted by Crippen LogP contribution is -1.93. The first kappa shape index (κ1) is 16.0. The van der Waals surface area contributed by atoms with E-state index in [2.05, 4.69) is 22.1 Å². The summed E-state index contributed by atoms with van der Waals surface area (Å²) >= 11 is 0. The number of hydrogen-bond donors (Lipinski definition) is 0. The summed E-state index contributed by atoms with van der Waals surface area (Å²) in [5.74, 6) is 0.714. The molecule has 5 heteroatoms. The Morgan fingerprint density at radius 1 is 0.929 bits per heavy atom. The Morgan fingerprint density at radius 3 is 2.71 bits per heavy atom. The highest BCUT2D eigenvalue weighted by molar-refractivity contribution is 5.83. The van der Waals surface area contributed by atoms with Gasteiger partial charge in [-0.3, -0.25) is 4.57 Å². The van der Waals surface area contributed by atoms with Crippen LogP contribution in [0.2, 0.25) is 0 Å². The predicted octanol–water partition coefficient (Wildman–Crippen LogP) is 5.22. The first-order valence-corrected chi connectivity index (χ1v) is 8.79. The molecule has 28 heavy (non-hydrogen) atoms. The van der Waals surface area contributed by atoms with Gasteiger partial charge in [0, 0.05) is 11.3 Å². The molecule has 132 valence electrons. The quantitative estimate of drug-likeness (QED) is 0.441. The number of nitrogens with zero attached hydrogens (tertiary/aromatic N) is 4. The van der Waals surface area contributed by atoms with Crippen molar-refractivity contribution < 1.29 is 4.42 Å². The van der Waals surface area contributed by atoms with Gasteiger partial charge in [-0.05, 0) is 47.5 Å². The van der Waals surface area contributed by atoms with E-state index >= 15 is 0 Å². The maximum atomic E-state index is 9.40. The van der Waals surface area contributed by atoms with Crippen LogP contribution in [0.25, 0.3) is 39.2 Å². The fourth-order valence-corrected chi connectivity index (χ4v) is 3.39. The van der Waals surface area contributed by atoms with Crippen LogP contribution in [0, 0.1) is 11.3 Å². The standard InChI is InChI=1S/C23H14N4O/c24-12-18-4-1-2-7-20(18)16-5-3-6-19(10-16)27-14-26-21-11-17(8-9-22(21)27)23-13-25-15-28-23/h1-11,13-15H. The molecule has 0 saturated heterocycles. The summed E-state index contributed by atoms with van der Waals surface area (Å²) in [6, 6.07) is 24.0. The molecule has 0 atom stereocenters. The molecule has 0 radical (unpaired) electrons. The summed E-state index contributed by atoms with van der Waals surface area (Å²) in [5, 5.41) is 9.40. The Hall–Kier alpha value is -4.17. The molecular formula is C23H14N4O. The fraction of sp³-hybridized carbons (Fsp3) is 0. The van der Waals surface area contributed by atoms with Crippen LogP contribution in [0.3, 0.4) is 0 Å². The third-order valence-corrected chi connectivity index (χ3v) is 4.75. The van der Waals surface area contributed by atoms with Gasteiger partial charge in [0.25, 0.3) is 0 Å². The van der Waals surface area contributed by atoms with Crippen molar-refractivity contribution in [3.05, 3.63) is 91.2 Å². The zero-order valence-electron chi connectivity index (χ0n) is 14.8. The van der Waals surface area contributed by atoms with E-state index in [1.807, 2.05) is 71.6 Å². The Kier molecular flexibility index (Phi) is 3.74. The number of imidazole rings is 1. The van der Waals surface area contributed by atoms with E-state index in [-0.39, 0.29) is 0 Å². The van der Waals surface area contributed by atoms with Crippen molar-refractivity contribution in [2.45, 2.75) is 0 Å². The molecule has 0 aliphatic carbocycles. The fourth-order valence-electron chi connectivity index (χ4n) is 3.39.